The number of amides is 2. The van der Waals surface area contributed by atoms with Crippen LogP contribution in [0.1, 0.15) is 45.4 Å². The van der Waals surface area contributed by atoms with Gasteiger partial charge in [-0.25, -0.2) is 0 Å². The molecule has 6 heteroatoms. The fraction of sp³-hybridized carbons (Fsp3) is 0.682. The first-order valence-corrected chi connectivity index (χ1v) is 10.9. The number of allylic oxidation sites excluding steroid dienone is 3. The lowest BCUT2D eigenvalue weighted by Crippen LogP contribution is -2.43. The van der Waals surface area contributed by atoms with Gasteiger partial charge in [0.25, 0.3) is 0 Å². The summed E-state index contributed by atoms with van der Waals surface area (Å²) in [4.78, 5) is 31.6. The van der Waals surface area contributed by atoms with Gasteiger partial charge in [-0.1, -0.05) is 23.8 Å². The summed E-state index contributed by atoms with van der Waals surface area (Å²) in [7, 11) is 0. The van der Waals surface area contributed by atoms with Crippen molar-refractivity contribution in [1.82, 2.24) is 15.5 Å². The Labute approximate surface area is 167 Å². The van der Waals surface area contributed by atoms with Crippen LogP contribution in [0, 0.1) is 23.7 Å². The fourth-order valence-corrected chi connectivity index (χ4v) is 5.26. The molecule has 1 aliphatic heterocycles. The highest BCUT2D eigenvalue weighted by Gasteiger charge is 2.58. The van der Waals surface area contributed by atoms with Gasteiger partial charge >= 0.3 is 0 Å². The van der Waals surface area contributed by atoms with Crippen LogP contribution < -0.4 is 10.6 Å². The number of rotatable bonds is 7. The Morgan fingerprint density at radius 3 is 2.54 bits per heavy atom. The molecule has 0 aromatic heterocycles. The van der Waals surface area contributed by atoms with Gasteiger partial charge in [0.1, 0.15) is 0 Å². The van der Waals surface area contributed by atoms with E-state index < -0.39 is 0 Å². The van der Waals surface area contributed by atoms with Gasteiger partial charge in [0.2, 0.25) is 11.8 Å². The predicted octanol–water partition coefficient (Wildman–Crippen LogP) is 2.24. The van der Waals surface area contributed by atoms with Crippen LogP contribution in [0.3, 0.4) is 0 Å². The number of guanidine groups is 1. The van der Waals surface area contributed by atoms with E-state index in [2.05, 4.69) is 33.9 Å². The van der Waals surface area contributed by atoms with Gasteiger partial charge < -0.3 is 10.6 Å². The van der Waals surface area contributed by atoms with Crippen LogP contribution in [0.4, 0.5) is 0 Å². The molecule has 4 atom stereocenters. The number of hydrogen-bond donors (Lipinski definition) is 2. The molecule has 0 aromatic rings. The summed E-state index contributed by atoms with van der Waals surface area (Å²) in [6.45, 7) is 4.55. The quantitative estimate of drug-likeness (QED) is 0.306. The molecule has 4 rings (SSSR count). The summed E-state index contributed by atoms with van der Waals surface area (Å²) in [5.74, 6) is 1.16. The molecule has 1 saturated heterocycles. The first-order valence-electron chi connectivity index (χ1n) is 10.9. The van der Waals surface area contributed by atoms with Gasteiger partial charge in [-0.15, -0.1) is 0 Å². The molecule has 1 heterocycles. The highest BCUT2D eigenvalue weighted by atomic mass is 16.2. The molecule has 0 spiro atoms. The smallest absolute Gasteiger partial charge is 0.233 e. The number of hydrogen-bond acceptors (Lipinski definition) is 3. The third-order valence-corrected chi connectivity index (χ3v) is 6.62. The average molecular weight is 385 g/mol. The number of carbonyl (C=O) groups is 2. The molecule has 152 valence electrons. The minimum atomic E-state index is -0.104. The zero-order chi connectivity index (χ0) is 19.5. The number of likely N-dealkylation sites (tertiary alicyclic amines) is 1. The number of nitrogens with zero attached hydrogens (tertiary/aromatic N) is 2. The fourth-order valence-electron chi connectivity index (χ4n) is 5.26. The van der Waals surface area contributed by atoms with Crippen LogP contribution >= 0.6 is 0 Å². The van der Waals surface area contributed by atoms with E-state index in [0.29, 0.717) is 13.1 Å². The van der Waals surface area contributed by atoms with Gasteiger partial charge in [-0.2, -0.15) is 0 Å². The lowest BCUT2D eigenvalue weighted by molar-refractivity contribution is -0.140. The maximum Gasteiger partial charge on any atom is 0.233 e. The molecular weight excluding hydrogens is 352 g/mol. The number of carbonyl (C=O) groups excluding carboxylic acids is 2. The van der Waals surface area contributed by atoms with Crippen LogP contribution in [0.5, 0.6) is 0 Å². The number of fused-ring (bicyclic) bond motifs is 5. The van der Waals surface area contributed by atoms with E-state index in [0.717, 1.165) is 31.9 Å². The lowest BCUT2D eigenvalue weighted by Gasteiger charge is -2.18. The van der Waals surface area contributed by atoms with Gasteiger partial charge in [-0.05, 0) is 57.3 Å². The van der Waals surface area contributed by atoms with Crippen LogP contribution in [-0.4, -0.2) is 48.9 Å². The Balaban J connectivity index is 1.26. The van der Waals surface area contributed by atoms with Crippen molar-refractivity contribution >= 4 is 17.8 Å². The zero-order valence-electron chi connectivity index (χ0n) is 16.8. The van der Waals surface area contributed by atoms with Crippen molar-refractivity contribution in [1.29, 1.82) is 0 Å². The van der Waals surface area contributed by atoms with Gasteiger partial charge in [0.15, 0.2) is 5.96 Å². The zero-order valence-corrected chi connectivity index (χ0v) is 16.8. The largest absolute Gasteiger partial charge is 0.357 e. The Bertz CT molecular complexity index is 681. The van der Waals surface area contributed by atoms with E-state index in [4.69, 9.17) is 0 Å². The Kier molecular flexibility index (Phi) is 5.83. The Morgan fingerprint density at radius 1 is 1.14 bits per heavy atom. The molecule has 2 amide bonds. The minimum absolute atomic E-state index is 0.0276. The molecular formula is C22H32N4O2. The van der Waals surface area contributed by atoms with Crippen LogP contribution in [0.15, 0.2) is 28.8 Å². The van der Waals surface area contributed by atoms with Crippen molar-refractivity contribution in [3.63, 3.8) is 0 Å². The first-order chi connectivity index (χ1) is 13.7. The van der Waals surface area contributed by atoms with Crippen molar-refractivity contribution in [3.8, 4) is 0 Å². The monoisotopic (exact) mass is 384 g/mol. The molecule has 6 nitrogen and oxygen atoms in total. The highest BCUT2D eigenvalue weighted by molar-refractivity contribution is 6.06. The van der Waals surface area contributed by atoms with E-state index in [1.165, 1.54) is 36.2 Å². The van der Waals surface area contributed by atoms with Crippen molar-refractivity contribution in [2.24, 2.45) is 28.7 Å². The number of nitrogens with one attached hydrogen (secondary N) is 2. The molecule has 0 radical (unpaired) electrons. The molecule has 28 heavy (non-hydrogen) atoms. The van der Waals surface area contributed by atoms with Crippen molar-refractivity contribution < 1.29 is 9.59 Å². The lowest BCUT2D eigenvalue weighted by atomic mass is 9.85. The molecule has 3 aliphatic carbocycles. The maximum atomic E-state index is 12.7. The summed E-state index contributed by atoms with van der Waals surface area (Å²) < 4.78 is 0. The Morgan fingerprint density at radius 2 is 1.89 bits per heavy atom. The molecule has 4 unspecified atom stereocenters. The van der Waals surface area contributed by atoms with E-state index >= 15 is 0 Å². The van der Waals surface area contributed by atoms with E-state index in [9.17, 15) is 9.59 Å². The molecule has 2 N–H and O–H groups in total. The molecule has 0 aromatic carbocycles. The minimum Gasteiger partial charge on any atom is -0.357 e. The summed E-state index contributed by atoms with van der Waals surface area (Å²) in [5.41, 5.74) is 1.52. The van der Waals surface area contributed by atoms with Gasteiger partial charge in [-0.3, -0.25) is 19.5 Å². The van der Waals surface area contributed by atoms with Gasteiger partial charge in [0, 0.05) is 26.2 Å². The normalized spacial score (nSPS) is 31.4. The molecule has 2 bridgehead atoms. The summed E-state index contributed by atoms with van der Waals surface area (Å²) >= 11 is 0. The summed E-state index contributed by atoms with van der Waals surface area (Å²) in [6.07, 6.45) is 13.6. The molecule has 2 fully saturated rings. The van der Waals surface area contributed by atoms with Crippen molar-refractivity contribution in [3.05, 3.63) is 23.8 Å². The van der Waals surface area contributed by atoms with E-state index in [1.54, 1.807) is 0 Å². The summed E-state index contributed by atoms with van der Waals surface area (Å²) in [6, 6.07) is 0. The van der Waals surface area contributed by atoms with Crippen LogP contribution in [0.25, 0.3) is 0 Å². The molecule has 4 aliphatic rings. The second-order valence-corrected chi connectivity index (χ2v) is 8.37. The van der Waals surface area contributed by atoms with Gasteiger partial charge in [0.05, 0.1) is 11.8 Å². The van der Waals surface area contributed by atoms with E-state index in [1.807, 2.05) is 6.92 Å². The van der Waals surface area contributed by atoms with Crippen LogP contribution in [0.2, 0.25) is 0 Å². The van der Waals surface area contributed by atoms with E-state index in [-0.39, 0.29) is 35.5 Å². The SMILES string of the molecule is CCNC(=NCCC1=CCCCC1)NCCN1C(=O)C2C3C=CC(C3)C2C1=O. The average Bonchev–Trinajstić information content (AvgIpc) is 3.38. The third-order valence-electron chi connectivity index (χ3n) is 6.62. The standard InChI is InChI=1S/C22H32N4O2/c1-2-23-22(24-11-10-15-6-4-3-5-7-15)25-12-13-26-20(27)18-16-8-9-17(14-16)19(18)21(26)28/h6,8-9,16-19H,2-5,7,10-14H2,1H3,(H2,23,24,25). The van der Waals surface area contributed by atoms with Crippen LogP contribution in [-0.2, 0) is 9.59 Å². The topological polar surface area (TPSA) is 73.8 Å². The second kappa shape index (κ2) is 8.50. The number of aliphatic imine (C=N–C) groups is 1. The third kappa shape index (κ3) is 3.74. The first kappa shape index (κ1) is 19.2. The number of imide groups is 1. The van der Waals surface area contributed by atoms with Crippen molar-refractivity contribution in [2.75, 3.05) is 26.2 Å². The van der Waals surface area contributed by atoms with Crippen molar-refractivity contribution in [2.45, 2.75) is 45.4 Å². The highest BCUT2D eigenvalue weighted by Crippen LogP contribution is 2.52. The molecule has 1 saturated carbocycles. The maximum absolute atomic E-state index is 12.7. The predicted molar refractivity (Wildman–Crippen MR) is 110 cm³/mol. The second-order valence-electron chi connectivity index (χ2n) is 8.37. The Hall–Kier alpha value is -2.11. The summed E-state index contributed by atoms with van der Waals surface area (Å²) in [5, 5.41) is 6.54.